The van der Waals surface area contributed by atoms with Gasteiger partial charge < -0.3 is 15.7 Å². The van der Waals surface area contributed by atoms with E-state index in [9.17, 15) is 19.5 Å². The van der Waals surface area contributed by atoms with Crippen molar-refractivity contribution in [2.75, 3.05) is 10.6 Å². The van der Waals surface area contributed by atoms with Gasteiger partial charge in [0.25, 0.3) is 5.91 Å². The summed E-state index contributed by atoms with van der Waals surface area (Å²) in [5.41, 5.74) is 4.09. The summed E-state index contributed by atoms with van der Waals surface area (Å²) in [6.45, 7) is 7.76. The second-order valence-electron chi connectivity index (χ2n) is 8.02. The number of allylic oxidation sites excluding steroid dienone is 2. The van der Waals surface area contributed by atoms with Gasteiger partial charge in [-0.1, -0.05) is 36.3 Å². The molecule has 6 nitrogen and oxygen atoms in total. The molecule has 0 saturated carbocycles. The minimum atomic E-state index is -0.967. The number of rotatable bonds is 6. The van der Waals surface area contributed by atoms with E-state index in [-0.39, 0.29) is 11.8 Å². The summed E-state index contributed by atoms with van der Waals surface area (Å²) in [5.74, 6) is -3.04. The number of benzene rings is 1. The Kier molecular flexibility index (Phi) is 6.95. The molecule has 2 amide bonds. The third-order valence-electron chi connectivity index (χ3n) is 5.98. The molecule has 2 aromatic rings. The van der Waals surface area contributed by atoms with Gasteiger partial charge in [0.05, 0.1) is 17.4 Å². The van der Waals surface area contributed by atoms with Crippen molar-refractivity contribution in [2.45, 2.75) is 47.0 Å². The van der Waals surface area contributed by atoms with E-state index in [1.807, 2.05) is 45.9 Å². The van der Waals surface area contributed by atoms with Crippen molar-refractivity contribution in [3.8, 4) is 0 Å². The van der Waals surface area contributed by atoms with Gasteiger partial charge in [0.1, 0.15) is 5.00 Å². The highest BCUT2D eigenvalue weighted by Crippen LogP contribution is 2.38. The zero-order chi connectivity index (χ0) is 22.7. The third kappa shape index (κ3) is 4.88. The van der Waals surface area contributed by atoms with Crippen LogP contribution in [-0.4, -0.2) is 22.9 Å². The number of carboxylic acids is 1. The van der Waals surface area contributed by atoms with E-state index in [1.165, 1.54) is 11.3 Å². The largest absolute Gasteiger partial charge is 0.481 e. The normalized spacial score (nSPS) is 18.6. The number of para-hydroxylation sites is 1. The van der Waals surface area contributed by atoms with Crippen LogP contribution in [0, 0.1) is 18.8 Å². The summed E-state index contributed by atoms with van der Waals surface area (Å²) in [5, 5.41) is 15.9. The molecule has 1 aromatic carbocycles. The molecule has 1 aliphatic carbocycles. The van der Waals surface area contributed by atoms with Gasteiger partial charge >= 0.3 is 5.97 Å². The van der Waals surface area contributed by atoms with Crippen LogP contribution in [0.1, 0.15) is 54.4 Å². The highest BCUT2D eigenvalue weighted by molar-refractivity contribution is 7.16. The maximum Gasteiger partial charge on any atom is 0.307 e. The molecule has 0 spiro atoms. The van der Waals surface area contributed by atoms with E-state index in [4.69, 9.17) is 0 Å². The molecule has 1 aromatic heterocycles. The SMILES string of the molecule is CCc1c(C)sc(NC(=O)[C@H]2CC(C)=C(C)C[C@H]2C(=O)O)c1C(=O)Nc1ccccc1. The lowest BCUT2D eigenvalue weighted by Gasteiger charge is -2.29. The minimum absolute atomic E-state index is 0.284. The highest BCUT2D eigenvalue weighted by Gasteiger charge is 2.38. The summed E-state index contributed by atoms with van der Waals surface area (Å²) in [4.78, 5) is 39.0. The molecule has 0 fully saturated rings. The molecule has 0 aliphatic heterocycles. The van der Waals surface area contributed by atoms with Gasteiger partial charge in [-0.05, 0) is 57.7 Å². The minimum Gasteiger partial charge on any atom is -0.481 e. The molecule has 1 heterocycles. The number of carbonyl (C=O) groups is 3. The maximum absolute atomic E-state index is 13.2. The van der Waals surface area contributed by atoms with Crippen LogP contribution in [0.4, 0.5) is 10.7 Å². The Labute approximate surface area is 186 Å². The maximum atomic E-state index is 13.2. The number of thiophene rings is 1. The Balaban J connectivity index is 1.90. The smallest absolute Gasteiger partial charge is 0.307 e. The molecule has 31 heavy (non-hydrogen) atoms. The van der Waals surface area contributed by atoms with E-state index in [1.54, 1.807) is 12.1 Å². The van der Waals surface area contributed by atoms with Crippen LogP contribution in [0.15, 0.2) is 41.5 Å². The first-order valence-electron chi connectivity index (χ1n) is 10.4. The van der Waals surface area contributed by atoms with Gasteiger partial charge in [0.2, 0.25) is 5.91 Å². The highest BCUT2D eigenvalue weighted by atomic mass is 32.1. The van der Waals surface area contributed by atoms with Crippen LogP contribution in [0.25, 0.3) is 0 Å². The number of hydrogen-bond donors (Lipinski definition) is 3. The molecule has 164 valence electrons. The average Bonchev–Trinajstić information content (AvgIpc) is 3.04. The topological polar surface area (TPSA) is 95.5 Å². The van der Waals surface area contributed by atoms with Crippen molar-refractivity contribution < 1.29 is 19.5 Å². The number of aryl methyl sites for hydroxylation is 1. The first kappa shape index (κ1) is 22.7. The van der Waals surface area contributed by atoms with E-state index in [0.717, 1.165) is 21.6 Å². The first-order valence-corrected chi connectivity index (χ1v) is 11.2. The van der Waals surface area contributed by atoms with Crippen molar-refractivity contribution in [2.24, 2.45) is 11.8 Å². The first-order chi connectivity index (χ1) is 14.7. The van der Waals surface area contributed by atoms with Crippen molar-refractivity contribution in [3.05, 3.63) is 57.5 Å². The Morgan fingerprint density at radius 3 is 2.19 bits per heavy atom. The Morgan fingerprint density at radius 1 is 1.00 bits per heavy atom. The predicted octanol–water partition coefficient (Wildman–Crippen LogP) is 5.26. The van der Waals surface area contributed by atoms with Gasteiger partial charge in [-0.3, -0.25) is 14.4 Å². The van der Waals surface area contributed by atoms with Gasteiger partial charge in [-0.25, -0.2) is 0 Å². The quantitative estimate of drug-likeness (QED) is 0.534. The Morgan fingerprint density at radius 2 is 1.61 bits per heavy atom. The van der Waals surface area contributed by atoms with E-state index >= 15 is 0 Å². The lowest BCUT2D eigenvalue weighted by Crippen LogP contribution is -2.36. The van der Waals surface area contributed by atoms with Crippen molar-refractivity contribution in [1.82, 2.24) is 0 Å². The second kappa shape index (κ2) is 9.47. The number of anilines is 2. The summed E-state index contributed by atoms with van der Waals surface area (Å²) in [6, 6.07) is 9.15. The van der Waals surface area contributed by atoms with E-state index in [0.29, 0.717) is 35.5 Å². The summed E-state index contributed by atoms with van der Waals surface area (Å²) < 4.78 is 0. The Bertz CT molecular complexity index is 1040. The van der Waals surface area contributed by atoms with Crippen LogP contribution in [0.5, 0.6) is 0 Å². The van der Waals surface area contributed by atoms with Crippen molar-refractivity contribution >= 4 is 39.8 Å². The molecular formula is C24H28N2O4S. The lowest BCUT2D eigenvalue weighted by atomic mass is 9.76. The summed E-state index contributed by atoms with van der Waals surface area (Å²) >= 11 is 1.36. The monoisotopic (exact) mass is 440 g/mol. The Hall–Kier alpha value is -2.93. The molecular weight excluding hydrogens is 412 g/mol. The third-order valence-corrected chi connectivity index (χ3v) is 7.04. The number of carboxylic acid groups (broad SMARTS) is 1. The zero-order valence-electron chi connectivity index (χ0n) is 18.2. The molecule has 0 radical (unpaired) electrons. The van der Waals surface area contributed by atoms with Crippen LogP contribution in [0.2, 0.25) is 0 Å². The zero-order valence-corrected chi connectivity index (χ0v) is 19.1. The number of nitrogens with one attached hydrogen (secondary N) is 2. The van der Waals surface area contributed by atoms with Gasteiger partial charge in [0.15, 0.2) is 0 Å². The van der Waals surface area contributed by atoms with Crippen LogP contribution >= 0.6 is 11.3 Å². The van der Waals surface area contributed by atoms with Crippen LogP contribution in [-0.2, 0) is 16.0 Å². The molecule has 7 heteroatoms. The van der Waals surface area contributed by atoms with Gasteiger partial charge in [-0.2, -0.15) is 0 Å². The molecule has 1 aliphatic rings. The fourth-order valence-corrected chi connectivity index (χ4v) is 5.23. The van der Waals surface area contributed by atoms with Crippen molar-refractivity contribution in [1.29, 1.82) is 0 Å². The number of aliphatic carboxylic acids is 1. The van der Waals surface area contributed by atoms with Crippen LogP contribution < -0.4 is 10.6 Å². The van der Waals surface area contributed by atoms with Gasteiger partial charge in [-0.15, -0.1) is 11.3 Å². The molecule has 0 bridgehead atoms. The number of hydrogen-bond acceptors (Lipinski definition) is 4. The fourth-order valence-electron chi connectivity index (χ4n) is 4.08. The van der Waals surface area contributed by atoms with Crippen molar-refractivity contribution in [3.63, 3.8) is 0 Å². The summed E-state index contributed by atoms with van der Waals surface area (Å²) in [7, 11) is 0. The summed E-state index contributed by atoms with van der Waals surface area (Å²) in [6.07, 6.45) is 1.42. The van der Waals surface area contributed by atoms with E-state index in [2.05, 4.69) is 10.6 Å². The van der Waals surface area contributed by atoms with Gasteiger partial charge in [0, 0.05) is 10.6 Å². The number of carbonyl (C=O) groups excluding carboxylic acids is 2. The molecule has 0 unspecified atom stereocenters. The molecule has 3 N–H and O–H groups in total. The average molecular weight is 441 g/mol. The standard InChI is InChI=1S/C24H28N2O4S/c1-5-17-15(4)31-23(20(17)22(28)25-16-9-7-6-8-10-16)26-21(27)18-11-13(2)14(3)12-19(18)24(29)30/h6-10,18-19H,5,11-12H2,1-4H3,(H,25,28)(H,26,27)(H,29,30)/t18-,19+/m0/s1. The van der Waals surface area contributed by atoms with Crippen LogP contribution in [0.3, 0.4) is 0 Å². The molecule has 2 atom stereocenters. The predicted molar refractivity (Wildman–Crippen MR) is 124 cm³/mol. The lowest BCUT2D eigenvalue weighted by molar-refractivity contribution is -0.146. The second-order valence-corrected chi connectivity index (χ2v) is 9.25. The molecule has 0 saturated heterocycles. The fraction of sp³-hybridized carbons (Fsp3) is 0.375. The molecule has 3 rings (SSSR count). The van der Waals surface area contributed by atoms with E-state index < -0.39 is 17.8 Å². The number of amides is 2.